The Morgan fingerprint density at radius 2 is 1.58 bits per heavy atom. The molecule has 0 spiro atoms. The molecule has 0 aliphatic carbocycles. The van der Waals surface area contributed by atoms with E-state index in [0.29, 0.717) is 11.2 Å². The van der Waals surface area contributed by atoms with E-state index in [1.54, 1.807) is 0 Å². The van der Waals surface area contributed by atoms with Gasteiger partial charge in [0, 0.05) is 41.4 Å². The van der Waals surface area contributed by atoms with Crippen LogP contribution in [0.15, 0.2) is 66.9 Å². The second-order valence-electron chi connectivity index (χ2n) is 7.56. The van der Waals surface area contributed by atoms with Crippen molar-refractivity contribution in [2.24, 2.45) is 0 Å². The molecule has 2 aromatic heterocycles. The summed E-state index contributed by atoms with van der Waals surface area (Å²) >= 11 is 0. The zero-order valence-corrected chi connectivity index (χ0v) is 18.0. The Hall–Kier alpha value is -3.60. The SMILES string of the molecule is CCCN(CCC)c1ncc2cc(-c3ccccc3)c(-c3ccc(C=O)cc3)nc2n1. The van der Waals surface area contributed by atoms with Crippen molar-refractivity contribution < 1.29 is 4.79 Å². The maximum atomic E-state index is 11.1. The Balaban J connectivity index is 1.89. The highest BCUT2D eigenvalue weighted by Crippen LogP contribution is 2.33. The third-order valence-corrected chi connectivity index (χ3v) is 5.23. The average molecular weight is 411 g/mol. The maximum Gasteiger partial charge on any atom is 0.227 e. The van der Waals surface area contributed by atoms with Crippen LogP contribution in [0.5, 0.6) is 0 Å². The molecule has 0 bridgehead atoms. The maximum absolute atomic E-state index is 11.1. The van der Waals surface area contributed by atoms with Crippen LogP contribution in [0, 0.1) is 0 Å². The first-order valence-electron chi connectivity index (χ1n) is 10.8. The number of anilines is 1. The van der Waals surface area contributed by atoms with Crippen molar-refractivity contribution in [2.45, 2.75) is 26.7 Å². The number of rotatable bonds is 8. The molecule has 4 rings (SSSR count). The third-order valence-electron chi connectivity index (χ3n) is 5.23. The number of pyridine rings is 1. The van der Waals surface area contributed by atoms with E-state index in [1.807, 2.05) is 48.7 Å². The lowest BCUT2D eigenvalue weighted by molar-refractivity contribution is 0.112. The van der Waals surface area contributed by atoms with Crippen molar-refractivity contribution in [3.8, 4) is 22.4 Å². The molecule has 2 heterocycles. The standard InChI is InChI=1S/C26H26N4O/c1-3-14-30(15-4-2)26-27-17-22-16-23(20-8-6-5-7-9-20)24(28-25(22)29-26)21-12-10-19(18-31)11-13-21/h5-13,16-18H,3-4,14-15H2,1-2H3. The molecule has 0 saturated carbocycles. The van der Waals surface area contributed by atoms with E-state index < -0.39 is 0 Å². The van der Waals surface area contributed by atoms with Gasteiger partial charge >= 0.3 is 0 Å². The fourth-order valence-corrected chi connectivity index (χ4v) is 3.74. The molecule has 0 saturated heterocycles. The number of hydrogen-bond acceptors (Lipinski definition) is 5. The summed E-state index contributed by atoms with van der Waals surface area (Å²) in [5.41, 5.74) is 5.21. The molecule has 2 aromatic carbocycles. The Kier molecular flexibility index (Phi) is 6.32. The van der Waals surface area contributed by atoms with Crippen LogP contribution in [-0.4, -0.2) is 34.3 Å². The summed E-state index contributed by atoms with van der Waals surface area (Å²) in [6.45, 7) is 6.16. The van der Waals surface area contributed by atoms with E-state index in [9.17, 15) is 4.79 Å². The summed E-state index contributed by atoms with van der Waals surface area (Å²) in [6, 6.07) is 19.8. The van der Waals surface area contributed by atoms with E-state index in [-0.39, 0.29) is 0 Å². The Labute approximate surface area is 182 Å². The zero-order valence-electron chi connectivity index (χ0n) is 18.0. The summed E-state index contributed by atoms with van der Waals surface area (Å²) in [5, 5.41) is 0.906. The Morgan fingerprint density at radius 1 is 0.871 bits per heavy atom. The molecule has 0 aliphatic rings. The number of nitrogens with zero attached hydrogens (tertiary/aromatic N) is 4. The minimum atomic E-state index is 0.644. The summed E-state index contributed by atoms with van der Waals surface area (Å²) in [6.07, 6.45) is 4.80. The van der Waals surface area contributed by atoms with Gasteiger partial charge in [-0.15, -0.1) is 0 Å². The summed E-state index contributed by atoms with van der Waals surface area (Å²) < 4.78 is 0. The highest BCUT2D eigenvalue weighted by Gasteiger charge is 2.15. The van der Waals surface area contributed by atoms with Gasteiger partial charge in [-0.05, 0) is 24.5 Å². The summed E-state index contributed by atoms with van der Waals surface area (Å²) in [5.74, 6) is 0.721. The van der Waals surface area contributed by atoms with E-state index in [2.05, 4.69) is 41.9 Å². The van der Waals surface area contributed by atoms with Crippen molar-refractivity contribution in [1.82, 2.24) is 15.0 Å². The Bertz CT molecular complexity index is 1170. The molecule has 0 atom stereocenters. The molecule has 0 radical (unpaired) electrons. The van der Waals surface area contributed by atoms with Gasteiger partial charge in [0.1, 0.15) is 6.29 Å². The summed E-state index contributed by atoms with van der Waals surface area (Å²) in [4.78, 5) is 27.7. The lowest BCUT2D eigenvalue weighted by Crippen LogP contribution is -2.26. The predicted molar refractivity (Wildman–Crippen MR) is 126 cm³/mol. The molecule has 4 aromatic rings. The third kappa shape index (κ3) is 4.45. The molecule has 156 valence electrons. The topological polar surface area (TPSA) is 59.0 Å². The molecule has 0 amide bonds. The number of carbonyl (C=O) groups excluding carboxylic acids is 1. The number of carbonyl (C=O) groups is 1. The van der Waals surface area contributed by atoms with Gasteiger partial charge < -0.3 is 4.90 Å². The van der Waals surface area contributed by atoms with E-state index in [4.69, 9.17) is 9.97 Å². The van der Waals surface area contributed by atoms with Gasteiger partial charge in [0.25, 0.3) is 0 Å². The van der Waals surface area contributed by atoms with Gasteiger partial charge in [0.05, 0.1) is 5.69 Å². The van der Waals surface area contributed by atoms with Gasteiger partial charge in [-0.25, -0.2) is 9.97 Å². The number of aldehydes is 1. The van der Waals surface area contributed by atoms with E-state index >= 15 is 0 Å². The van der Waals surface area contributed by atoms with Crippen molar-refractivity contribution in [2.75, 3.05) is 18.0 Å². The number of fused-ring (bicyclic) bond motifs is 1. The lowest BCUT2D eigenvalue weighted by atomic mass is 9.98. The fourth-order valence-electron chi connectivity index (χ4n) is 3.74. The first-order chi connectivity index (χ1) is 15.2. The van der Waals surface area contributed by atoms with Gasteiger partial charge in [0.2, 0.25) is 5.95 Å². The van der Waals surface area contributed by atoms with Crippen LogP contribution in [0.3, 0.4) is 0 Å². The number of benzene rings is 2. The van der Waals surface area contributed by atoms with Gasteiger partial charge in [-0.2, -0.15) is 4.98 Å². The average Bonchev–Trinajstić information content (AvgIpc) is 2.83. The molecular formula is C26H26N4O. The minimum Gasteiger partial charge on any atom is -0.341 e. The first-order valence-corrected chi connectivity index (χ1v) is 10.8. The summed E-state index contributed by atoms with van der Waals surface area (Å²) in [7, 11) is 0. The van der Waals surface area contributed by atoms with Gasteiger partial charge in [-0.1, -0.05) is 68.4 Å². The van der Waals surface area contributed by atoms with Crippen LogP contribution < -0.4 is 4.90 Å². The smallest absolute Gasteiger partial charge is 0.227 e. The lowest BCUT2D eigenvalue weighted by Gasteiger charge is -2.21. The molecule has 0 aliphatic heterocycles. The molecule has 31 heavy (non-hydrogen) atoms. The first kappa shape index (κ1) is 20.7. The predicted octanol–water partition coefficient (Wildman–Crippen LogP) is 5.80. The van der Waals surface area contributed by atoms with E-state index in [0.717, 1.165) is 65.9 Å². The van der Waals surface area contributed by atoms with Crippen LogP contribution in [0.1, 0.15) is 37.0 Å². The highest BCUT2D eigenvalue weighted by atomic mass is 16.1. The highest BCUT2D eigenvalue weighted by molar-refractivity contribution is 5.90. The van der Waals surface area contributed by atoms with Crippen LogP contribution >= 0.6 is 0 Å². The fraction of sp³-hybridized carbons (Fsp3) is 0.231. The minimum absolute atomic E-state index is 0.644. The van der Waals surface area contributed by atoms with Crippen molar-refractivity contribution in [3.63, 3.8) is 0 Å². The van der Waals surface area contributed by atoms with Crippen LogP contribution in [-0.2, 0) is 0 Å². The number of aromatic nitrogens is 3. The monoisotopic (exact) mass is 410 g/mol. The van der Waals surface area contributed by atoms with Crippen LogP contribution in [0.25, 0.3) is 33.4 Å². The van der Waals surface area contributed by atoms with Crippen molar-refractivity contribution >= 4 is 23.3 Å². The van der Waals surface area contributed by atoms with Crippen molar-refractivity contribution in [1.29, 1.82) is 0 Å². The normalized spacial score (nSPS) is 10.9. The largest absolute Gasteiger partial charge is 0.341 e. The quantitative estimate of drug-likeness (QED) is 0.344. The molecule has 0 unspecified atom stereocenters. The molecule has 0 fully saturated rings. The van der Waals surface area contributed by atoms with Gasteiger partial charge in [0.15, 0.2) is 5.65 Å². The van der Waals surface area contributed by atoms with E-state index in [1.165, 1.54) is 0 Å². The molecule has 5 nitrogen and oxygen atoms in total. The molecular weight excluding hydrogens is 384 g/mol. The number of hydrogen-bond donors (Lipinski definition) is 0. The molecule has 0 N–H and O–H groups in total. The Morgan fingerprint density at radius 3 is 2.23 bits per heavy atom. The second-order valence-corrected chi connectivity index (χ2v) is 7.56. The van der Waals surface area contributed by atoms with Crippen LogP contribution in [0.4, 0.5) is 5.95 Å². The van der Waals surface area contributed by atoms with Gasteiger partial charge in [-0.3, -0.25) is 4.79 Å². The van der Waals surface area contributed by atoms with Crippen LogP contribution in [0.2, 0.25) is 0 Å². The van der Waals surface area contributed by atoms with Crippen molar-refractivity contribution in [3.05, 3.63) is 72.4 Å². The second kappa shape index (κ2) is 9.47. The molecule has 5 heteroatoms. The zero-order chi connectivity index (χ0) is 21.6.